The van der Waals surface area contributed by atoms with E-state index in [1.54, 1.807) is 29.3 Å². The average molecular weight is 469 g/mol. The van der Waals surface area contributed by atoms with Gasteiger partial charge in [0, 0.05) is 18.1 Å². The number of amides is 2. The lowest BCUT2D eigenvalue weighted by molar-refractivity contribution is -0.122. The number of nitrogens with zero attached hydrogens (tertiary/aromatic N) is 3. The lowest BCUT2D eigenvalue weighted by atomic mass is 10.1. The number of hydrogen-bond acceptors (Lipinski definition) is 7. The zero-order valence-electron chi connectivity index (χ0n) is 18.9. The number of likely N-dealkylation sites (tertiary alicyclic amines) is 1. The molecule has 1 aliphatic rings. The number of aromatic nitrogens is 3. The van der Waals surface area contributed by atoms with Crippen LogP contribution in [0.3, 0.4) is 0 Å². The Morgan fingerprint density at radius 2 is 2.09 bits per heavy atom. The summed E-state index contributed by atoms with van der Waals surface area (Å²) >= 11 is 0. The largest absolute Gasteiger partial charge is 0.490 e. The SMILES string of the molecule is CC(C)Oc1cc2c(O[C@@H]3CCCN(C(=O)c4cnc[nH]4)C3)ccnc2cc1C(N)=O.O=CO. The first-order valence-electron chi connectivity index (χ1n) is 10.7. The zero-order valence-corrected chi connectivity index (χ0v) is 18.9. The smallest absolute Gasteiger partial charge is 0.290 e. The minimum Gasteiger partial charge on any atom is -0.490 e. The summed E-state index contributed by atoms with van der Waals surface area (Å²) in [6.45, 7) is 4.64. The molecule has 1 saturated heterocycles. The van der Waals surface area contributed by atoms with Gasteiger partial charge in [0.15, 0.2) is 0 Å². The highest BCUT2D eigenvalue weighted by molar-refractivity contribution is 6.01. The van der Waals surface area contributed by atoms with Crippen molar-refractivity contribution in [3.8, 4) is 11.5 Å². The van der Waals surface area contributed by atoms with Crippen molar-refractivity contribution in [2.45, 2.75) is 38.9 Å². The van der Waals surface area contributed by atoms with Crippen molar-refractivity contribution in [1.29, 1.82) is 0 Å². The summed E-state index contributed by atoms with van der Waals surface area (Å²) < 4.78 is 12.1. The van der Waals surface area contributed by atoms with Gasteiger partial charge in [-0.15, -0.1) is 0 Å². The van der Waals surface area contributed by atoms with Crippen LogP contribution in [0.1, 0.15) is 47.5 Å². The molecule has 0 radical (unpaired) electrons. The molecule has 0 spiro atoms. The van der Waals surface area contributed by atoms with Gasteiger partial charge >= 0.3 is 0 Å². The molecule has 1 aliphatic heterocycles. The first-order valence-corrected chi connectivity index (χ1v) is 10.7. The fraction of sp³-hybridized carbons (Fsp3) is 0.348. The number of carbonyl (C=O) groups is 3. The summed E-state index contributed by atoms with van der Waals surface area (Å²) in [6.07, 6.45) is 6.00. The van der Waals surface area contributed by atoms with Crippen molar-refractivity contribution in [1.82, 2.24) is 19.9 Å². The molecule has 11 nitrogen and oxygen atoms in total. The zero-order chi connectivity index (χ0) is 24.7. The molecule has 0 bridgehead atoms. The fourth-order valence-electron chi connectivity index (χ4n) is 3.74. The van der Waals surface area contributed by atoms with E-state index in [-0.39, 0.29) is 30.2 Å². The van der Waals surface area contributed by atoms with E-state index >= 15 is 0 Å². The van der Waals surface area contributed by atoms with E-state index in [9.17, 15) is 9.59 Å². The Morgan fingerprint density at radius 3 is 2.74 bits per heavy atom. The molecule has 34 heavy (non-hydrogen) atoms. The number of ether oxygens (including phenoxy) is 2. The Bertz CT molecular complexity index is 1150. The Morgan fingerprint density at radius 1 is 1.32 bits per heavy atom. The normalized spacial score (nSPS) is 15.4. The van der Waals surface area contributed by atoms with Crippen LogP contribution in [-0.2, 0) is 4.79 Å². The molecule has 1 fully saturated rings. The van der Waals surface area contributed by atoms with E-state index in [4.69, 9.17) is 25.1 Å². The van der Waals surface area contributed by atoms with E-state index in [1.807, 2.05) is 13.8 Å². The number of nitrogens with one attached hydrogen (secondary N) is 1. The minimum absolute atomic E-state index is 0.0934. The number of piperidine rings is 1. The van der Waals surface area contributed by atoms with Crippen molar-refractivity contribution < 1.29 is 29.0 Å². The quantitative estimate of drug-likeness (QED) is 0.463. The van der Waals surface area contributed by atoms with Gasteiger partial charge in [-0.3, -0.25) is 19.4 Å². The lowest BCUT2D eigenvalue weighted by Crippen LogP contribution is -2.44. The number of pyridine rings is 1. The van der Waals surface area contributed by atoms with Crippen molar-refractivity contribution in [2.24, 2.45) is 5.73 Å². The van der Waals surface area contributed by atoms with Crippen molar-refractivity contribution in [3.63, 3.8) is 0 Å². The maximum Gasteiger partial charge on any atom is 0.290 e. The number of carbonyl (C=O) groups excluding carboxylic acids is 2. The monoisotopic (exact) mass is 469 g/mol. The number of aromatic amines is 1. The van der Waals surface area contributed by atoms with Crippen LogP contribution < -0.4 is 15.2 Å². The fourth-order valence-corrected chi connectivity index (χ4v) is 3.74. The third kappa shape index (κ3) is 5.80. The predicted molar refractivity (Wildman–Crippen MR) is 123 cm³/mol. The van der Waals surface area contributed by atoms with E-state index < -0.39 is 5.91 Å². The molecule has 0 unspecified atom stereocenters. The van der Waals surface area contributed by atoms with E-state index in [0.717, 1.165) is 18.2 Å². The maximum atomic E-state index is 12.6. The Labute approximate surface area is 195 Å². The second kappa shape index (κ2) is 11.1. The highest BCUT2D eigenvalue weighted by atomic mass is 16.5. The molecule has 180 valence electrons. The van der Waals surface area contributed by atoms with Crippen LogP contribution in [0.25, 0.3) is 10.9 Å². The maximum absolute atomic E-state index is 12.6. The molecule has 2 aromatic heterocycles. The molecule has 0 saturated carbocycles. The predicted octanol–water partition coefficient (Wildman–Crippen LogP) is 2.23. The summed E-state index contributed by atoms with van der Waals surface area (Å²) in [4.78, 5) is 45.8. The first kappa shape index (κ1) is 24.5. The van der Waals surface area contributed by atoms with E-state index in [2.05, 4.69) is 15.0 Å². The van der Waals surface area contributed by atoms with Crippen LogP contribution in [0, 0.1) is 0 Å². The Kier molecular flexibility index (Phi) is 8.01. The van der Waals surface area contributed by atoms with Gasteiger partial charge in [0.05, 0.1) is 36.3 Å². The van der Waals surface area contributed by atoms with Crippen LogP contribution in [0.15, 0.2) is 36.9 Å². The number of benzene rings is 1. The molecular formula is C23H27N5O6. The third-order valence-electron chi connectivity index (χ3n) is 5.12. The standard InChI is InChI=1S/C22H25N5O4.CH2O2/c1-13(2)30-20-9-15-17(8-16(20)21(23)28)25-6-5-19(15)31-14-4-3-7-27(11-14)22(29)18-10-24-12-26-18;2-1-3/h5-6,8-10,12-14H,3-4,7,11H2,1-2H3,(H2,23,28)(H,24,26);1H,(H,2,3)/t14-;/m1./s1. The molecule has 1 atom stereocenters. The van der Waals surface area contributed by atoms with Gasteiger partial charge < -0.3 is 30.2 Å². The number of carboxylic acid groups (broad SMARTS) is 1. The molecular weight excluding hydrogens is 442 g/mol. The average Bonchev–Trinajstić information content (AvgIpc) is 3.34. The van der Waals surface area contributed by atoms with Gasteiger partial charge in [0.2, 0.25) is 0 Å². The number of imidazole rings is 1. The number of rotatable bonds is 6. The molecule has 3 heterocycles. The van der Waals surface area contributed by atoms with Crippen LogP contribution in [-0.4, -0.2) is 68.5 Å². The third-order valence-corrected chi connectivity index (χ3v) is 5.12. The van der Waals surface area contributed by atoms with Gasteiger partial charge in [-0.05, 0) is 44.9 Å². The summed E-state index contributed by atoms with van der Waals surface area (Å²) in [5.74, 6) is 0.345. The minimum atomic E-state index is -0.578. The highest BCUT2D eigenvalue weighted by Gasteiger charge is 2.27. The second-order valence-electron chi connectivity index (χ2n) is 7.91. The van der Waals surface area contributed by atoms with Gasteiger partial charge in [-0.1, -0.05) is 0 Å². The Hall–Kier alpha value is -4.15. The van der Waals surface area contributed by atoms with Gasteiger partial charge in [0.25, 0.3) is 18.3 Å². The Balaban J connectivity index is 0.00000103. The summed E-state index contributed by atoms with van der Waals surface area (Å²) in [7, 11) is 0. The molecule has 3 aromatic rings. The first-order chi connectivity index (χ1) is 16.3. The molecule has 4 N–H and O–H groups in total. The van der Waals surface area contributed by atoms with Crippen LogP contribution >= 0.6 is 0 Å². The van der Waals surface area contributed by atoms with Gasteiger partial charge in [0.1, 0.15) is 23.3 Å². The van der Waals surface area contributed by atoms with Crippen molar-refractivity contribution in [3.05, 3.63) is 48.2 Å². The number of H-pyrrole nitrogens is 1. The van der Waals surface area contributed by atoms with E-state index in [0.29, 0.717) is 35.8 Å². The van der Waals surface area contributed by atoms with Crippen molar-refractivity contribution in [2.75, 3.05) is 13.1 Å². The van der Waals surface area contributed by atoms with Crippen LogP contribution in [0.5, 0.6) is 11.5 Å². The lowest BCUT2D eigenvalue weighted by Gasteiger charge is -2.32. The van der Waals surface area contributed by atoms with Crippen molar-refractivity contribution >= 4 is 29.2 Å². The molecule has 1 aromatic carbocycles. The number of primary amides is 1. The van der Waals surface area contributed by atoms with Crippen LogP contribution in [0.4, 0.5) is 0 Å². The molecule has 0 aliphatic carbocycles. The second-order valence-corrected chi connectivity index (χ2v) is 7.91. The van der Waals surface area contributed by atoms with Crippen LogP contribution in [0.2, 0.25) is 0 Å². The van der Waals surface area contributed by atoms with Gasteiger partial charge in [-0.2, -0.15) is 0 Å². The number of hydrogen-bond donors (Lipinski definition) is 3. The number of fused-ring (bicyclic) bond motifs is 1. The summed E-state index contributed by atoms with van der Waals surface area (Å²) in [6, 6.07) is 5.15. The molecule has 11 heteroatoms. The number of nitrogens with two attached hydrogens (primary N) is 1. The summed E-state index contributed by atoms with van der Waals surface area (Å²) in [5.41, 5.74) is 6.86. The topological polar surface area (TPSA) is 161 Å². The summed E-state index contributed by atoms with van der Waals surface area (Å²) in [5, 5.41) is 7.61. The molecule has 4 rings (SSSR count). The molecule has 2 amide bonds. The van der Waals surface area contributed by atoms with E-state index in [1.165, 1.54) is 12.5 Å². The van der Waals surface area contributed by atoms with Gasteiger partial charge in [-0.25, -0.2) is 4.98 Å². The highest BCUT2D eigenvalue weighted by Crippen LogP contribution is 2.33.